The molecule has 0 spiro atoms. The van der Waals surface area contributed by atoms with Crippen LogP contribution >= 0.6 is 0 Å². The van der Waals surface area contributed by atoms with E-state index < -0.39 is 12.1 Å². The number of carboxylic acid groups (broad SMARTS) is 1. The molecule has 0 unspecified atom stereocenters. The Balaban J connectivity index is 0.000000360. The number of benzene rings is 2. The number of carbonyl (C=O) groups is 1. The molecule has 0 radical (unpaired) electrons. The van der Waals surface area contributed by atoms with Crippen LogP contribution in [0.3, 0.4) is 0 Å². The van der Waals surface area contributed by atoms with Gasteiger partial charge in [0.05, 0.1) is 5.52 Å². The largest absolute Gasteiger partial charge is 0.490 e. The van der Waals surface area contributed by atoms with Crippen LogP contribution in [0.4, 0.5) is 17.6 Å². The Kier molecular flexibility index (Phi) is 7.68. The average molecular weight is 453 g/mol. The van der Waals surface area contributed by atoms with E-state index in [9.17, 15) is 17.6 Å². The average Bonchev–Trinajstić information content (AvgIpc) is 3.18. The number of aliphatic carboxylic acids is 1. The highest BCUT2D eigenvalue weighted by Gasteiger charge is 2.38. The number of aromatic amines is 1. The van der Waals surface area contributed by atoms with Gasteiger partial charge in [-0.1, -0.05) is 30.3 Å². The molecule has 6 nitrogen and oxygen atoms in total. The summed E-state index contributed by atoms with van der Waals surface area (Å²) in [5.41, 5.74) is 2.22. The molecule has 2 N–H and O–H groups in total. The number of halogens is 4. The van der Waals surface area contributed by atoms with Crippen LogP contribution < -0.4 is 4.74 Å². The zero-order valence-corrected chi connectivity index (χ0v) is 17.1. The van der Waals surface area contributed by atoms with Crippen molar-refractivity contribution in [3.05, 3.63) is 60.0 Å². The molecule has 2 heterocycles. The Hall–Kier alpha value is -3.14. The number of H-pyrrole nitrogens is 1. The number of hydrogen-bond donors (Lipinski definition) is 2. The number of rotatable bonds is 5. The summed E-state index contributed by atoms with van der Waals surface area (Å²) in [7, 11) is 0. The van der Waals surface area contributed by atoms with Gasteiger partial charge in [0.2, 0.25) is 0 Å². The number of nitrogens with one attached hydrogen (secondary N) is 1. The molecule has 0 saturated carbocycles. The van der Waals surface area contributed by atoms with Crippen LogP contribution in [0.1, 0.15) is 18.5 Å². The third kappa shape index (κ3) is 6.43. The first kappa shape index (κ1) is 23.5. The number of aromatic nitrogens is 2. The lowest BCUT2D eigenvalue weighted by Crippen LogP contribution is -2.39. The molecular formula is C22H23F4N3O3. The number of alkyl halides is 3. The van der Waals surface area contributed by atoms with Gasteiger partial charge in [0.1, 0.15) is 6.10 Å². The van der Waals surface area contributed by atoms with Gasteiger partial charge >= 0.3 is 12.1 Å². The number of hydrogen-bond acceptors (Lipinski definition) is 4. The highest BCUT2D eigenvalue weighted by Crippen LogP contribution is 2.22. The molecule has 172 valence electrons. The topological polar surface area (TPSA) is 78.5 Å². The van der Waals surface area contributed by atoms with Crippen molar-refractivity contribution in [2.24, 2.45) is 0 Å². The molecule has 0 bridgehead atoms. The molecule has 1 aliphatic heterocycles. The van der Waals surface area contributed by atoms with Gasteiger partial charge in [-0.25, -0.2) is 9.18 Å². The zero-order chi connectivity index (χ0) is 23.1. The Morgan fingerprint density at radius 1 is 1.12 bits per heavy atom. The predicted molar refractivity (Wildman–Crippen MR) is 110 cm³/mol. The molecule has 2 aromatic carbocycles. The Morgan fingerprint density at radius 3 is 2.41 bits per heavy atom. The van der Waals surface area contributed by atoms with E-state index in [0.29, 0.717) is 5.75 Å². The molecule has 4 rings (SSSR count). The number of likely N-dealkylation sites (tertiary alicyclic amines) is 1. The van der Waals surface area contributed by atoms with E-state index in [1.807, 2.05) is 24.3 Å². The van der Waals surface area contributed by atoms with Crippen molar-refractivity contribution in [1.29, 1.82) is 0 Å². The minimum atomic E-state index is -5.08. The molecule has 1 saturated heterocycles. The van der Waals surface area contributed by atoms with E-state index in [4.69, 9.17) is 14.6 Å². The smallest absolute Gasteiger partial charge is 0.487 e. The van der Waals surface area contributed by atoms with Crippen molar-refractivity contribution in [3.8, 4) is 5.75 Å². The van der Waals surface area contributed by atoms with E-state index in [0.717, 1.165) is 44.4 Å². The lowest BCUT2D eigenvalue weighted by Gasteiger charge is -2.32. The first-order chi connectivity index (χ1) is 15.2. The van der Waals surface area contributed by atoms with E-state index in [-0.39, 0.29) is 11.9 Å². The molecule has 0 aliphatic carbocycles. The van der Waals surface area contributed by atoms with Crippen LogP contribution in [0.2, 0.25) is 0 Å². The summed E-state index contributed by atoms with van der Waals surface area (Å²) in [6, 6.07) is 14.8. The number of carboxylic acids is 1. The SMILES string of the molecule is Fc1ccccc1OC1CCN(CCc2[nH]nc3ccccc23)CC1.O=C(O)C(F)(F)F. The van der Waals surface area contributed by atoms with Gasteiger partial charge < -0.3 is 14.7 Å². The van der Waals surface area contributed by atoms with Crippen LogP contribution in [0.25, 0.3) is 10.9 Å². The fourth-order valence-corrected chi connectivity index (χ4v) is 3.45. The van der Waals surface area contributed by atoms with Crippen molar-refractivity contribution in [1.82, 2.24) is 15.1 Å². The summed E-state index contributed by atoms with van der Waals surface area (Å²) in [5.74, 6) is -2.67. The molecule has 0 amide bonds. The summed E-state index contributed by atoms with van der Waals surface area (Å²) >= 11 is 0. The zero-order valence-electron chi connectivity index (χ0n) is 17.1. The van der Waals surface area contributed by atoms with Gasteiger partial charge in [0.15, 0.2) is 11.6 Å². The van der Waals surface area contributed by atoms with Crippen LogP contribution in [0.5, 0.6) is 5.75 Å². The summed E-state index contributed by atoms with van der Waals surface area (Å²) in [5, 5.41) is 15.8. The van der Waals surface area contributed by atoms with Crippen molar-refractivity contribution in [3.63, 3.8) is 0 Å². The van der Waals surface area contributed by atoms with Crippen molar-refractivity contribution in [2.75, 3.05) is 19.6 Å². The van der Waals surface area contributed by atoms with Gasteiger partial charge in [-0.3, -0.25) is 5.10 Å². The summed E-state index contributed by atoms with van der Waals surface area (Å²) in [4.78, 5) is 11.3. The Bertz CT molecular complexity index is 1030. The molecular weight excluding hydrogens is 430 g/mol. The van der Waals surface area contributed by atoms with Crippen LogP contribution in [0, 0.1) is 5.82 Å². The van der Waals surface area contributed by atoms with Crippen LogP contribution in [-0.2, 0) is 11.2 Å². The highest BCUT2D eigenvalue weighted by molar-refractivity contribution is 5.81. The fourth-order valence-electron chi connectivity index (χ4n) is 3.45. The summed E-state index contributed by atoms with van der Waals surface area (Å²) < 4.78 is 51.2. The molecule has 10 heteroatoms. The van der Waals surface area contributed by atoms with E-state index >= 15 is 0 Å². The Morgan fingerprint density at radius 2 is 1.75 bits per heavy atom. The number of nitrogens with zero attached hydrogens (tertiary/aromatic N) is 2. The molecule has 3 aromatic rings. The van der Waals surface area contributed by atoms with Gasteiger partial charge in [-0.2, -0.15) is 18.3 Å². The first-order valence-corrected chi connectivity index (χ1v) is 10.1. The van der Waals surface area contributed by atoms with E-state index in [1.54, 1.807) is 12.1 Å². The summed E-state index contributed by atoms with van der Waals surface area (Å²) in [6.07, 6.45) is -2.17. The minimum Gasteiger partial charge on any atom is -0.487 e. The quantitative estimate of drug-likeness (QED) is 0.559. The maximum atomic E-state index is 13.7. The van der Waals surface area contributed by atoms with E-state index in [2.05, 4.69) is 21.2 Å². The second-order valence-electron chi connectivity index (χ2n) is 7.36. The van der Waals surface area contributed by atoms with Crippen LogP contribution in [0.15, 0.2) is 48.5 Å². The number of fused-ring (bicyclic) bond motifs is 1. The van der Waals surface area contributed by atoms with Crippen LogP contribution in [-0.4, -0.2) is 58.1 Å². The standard InChI is InChI=1S/C20H22FN3O.C2HF3O2/c21-17-6-2-4-8-20(17)25-15-9-12-24(13-10-15)14-11-19-16-5-1-3-7-18(16)22-23-19;3-2(4,5)1(6)7/h1-8,15H,9-14H2,(H,22,23);(H,6,7). The number of piperidine rings is 1. The number of para-hydroxylation sites is 2. The monoisotopic (exact) mass is 453 g/mol. The second-order valence-corrected chi connectivity index (χ2v) is 7.36. The van der Waals surface area contributed by atoms with Gasteiger partial charge in [-0.15, -0.1) is 0 Å². The third-order valence-corrected chi connectivity index (χ3v) is 5.13. The van der Waals surface area contributed by atoms with Gasteiger partial charge in [-0.05, 0) is 31.0 Å². The van der Waals surface area contributed by atoms with Crippen molar-refractivity contribution < 1.29 is 32.2 Å². The normalized spacial score (nSPS) is 15.2. The fraction of sp³-hybridized carbons (Fsp3) is 0.364. The maximum absolute atomic E-state index is 13.7. The minimum absolute atomic E-state index is 0.0983. The lowest BCUT2D eigenvalue weighted by atomic mass is 10.1. The van der Waals surface area contributed by atoms with Gasteiger partial charge in [0.25, 0.3) is 0 Å². The highest BCUT2D eigenvalue weighted by atomic mass is 19.4. The van der Waals surface area contributed by atoms with E-state index in [1.165, 1.54) is 17.1 Å². The van der Waals surface area contributed by atoms with Gasteiger partial charge in [0, 0.05) is 37.1 Å². The lowest BCUT2D eigenvalue weighted by molar-refractivity contribution is -0.192. The maximum Gasteiger partial charge on any atom is 0.490 e. The third-order valence-electron chi connectivity index (χ3n) is 5.13. The molecule has 0 atom stereocenters. The summed E-state index contributed by atoms with van der Waals surface area (Å²) in [6.45, 7) is 2.95. The molecule has 1 fully saturated rings. The molecule has 1 aliphatic rings. The molecule has 1 aromatic heterocycles. The predicted octanol–water partition coefficient (Wildman–Crippen LogP) is 4.42. The Labute approximate surface area is 181 Å². The second kappa shape index (κ2) is 10.4. The number of ether oxygens (including phenoxy) is 1. The van der Waals surface area contributed by atoms with Crippen molar-refractivity contribution in [2.45, 2.75) is 31.5 Å². The molecule has 32 heavy (non-hydrogen) atoms. The first-order valence-electron chi connectivity index (χ1n) is 10.1. The van der Waals surface area contributed by atoms with Crippen molar-refractivity contribution >= 4 is 16.9 Å².